The SMILES string of the molecule is CCCn1c(=O)c2cc(C)ccc2n(CC(=O)NCCN2CCCC2)c1=O. The van der Waals surface area contributed by atoms with Crippen molar-refractivity contribution < 1.29 is 4.79 Å². The maximum atomic E-state index is 12.8. The highest BCUT2D eigenvalue weighted by atomic mass is 16.2. The van der Waals surface area contributed by atoms with Crippen molar-refractivity contribution >= 4 is 16.8 Å². The Balaban J connectivity index is 1.84. The first-order valence-corrected chi connectivity index (χ1v) is 9.74. The fourth-order valence-corrected chi connectivity index (χ4v) is 3.67. The molecule has 1 saturated heterocycles. The van der Waals surface area contributed by atoms with Gasteiger partial charge < -0.3 is 10.2 Å². The molecule has 0 saturated carbocycles. The minimum atomic E-state index is -0.423. The summed E-state index contributed by atoms with van der Waals surface area (Å²) in [7, 11) is 0. The molecule has 7 heteroatoms. The van der Waals surface area contributed by atoms with Crippen LogP contribution in [0.5, 0.6) is 0 Å². The van der Waals surface area contributed by atoms with Crippen LogP contribution in [0.3, 0.4) is 0 Å². The summed E-state index contributed by atoms with van der Waals surface area (Å²) in [6.45, 7) is 7.66. The highest BCUT2D eigenvalue weighted by Crippen LogP contribution is 2.11. The van der Waals surface area contributed by atoms with E-state index in [2.05, 4.69) is 10.2 Å². The number of carbonyl (C=O) groups is 1. The predicted molar refractivity (Wildman–Crippen MR) is 106 cm³/mol. The molecule has 1 aromatic heterocycles. The van der Waals surface area contributed by atoms with Gasteiger partial charge in [-0.1, -0.05) is 18.6 Å². The molecule has 0 unspecified atom stereocenters. The third-order valence-electron chi connectivity index (χ3n) is 5.08. The summed E-state index contributed by atoms with van der Waals surface area (Å²) < 4.78 is 2.65. The lowest BCUT2D eigenvalue weighted by Gasteiger charge is -2.16. The molecule has 1 amide bonds. The Morgan fingerprint density at radius 1 is 1.11 bits per heavy atom. The molecular weight excluding hydrogens is 344 g/mol. The minimum Gasteiger partial charge on any atom is -0.353 e. The Bertz CT molecular complexity index is 939. The Morgan fingerprint density at radius 2 is 1.85 bits per heavy atom. The van der Waals surface area contributed by atoms with Gasteiger partial charge in [0.25, 0.3) is 5.56 Å². The fourth-order valence-electron chi connectivity index (χ4n) is 3.67. The average Bonchev–Trinajstić information content (AvgIpc) is 3.16. The molecule has 0 atom stereocenters. The molecule has 1 aliphatic heterocycles. The minimum absolute atomic E-state index is 0.0810. The van der Waals surface area contributed by atoms with Gasteiger partial charge in [0.1, 0.15) is 6.54 Å². The van der Waals surface area contributed by atoms with Crippen LogP contribution in [0.2, 0.25) is 0 Å². The van der Waals surface area contributed by atoms with Gasteiger partial charge in [-0.3, -0.25) is 18.7 Å². The molecule has 1 fully saturated rings. The summed E-state index contributed by atoms with van der Waals surface area (Å²) in [4.78, 5) is 40.3. The first-order chi connectivity index (χ1) is 13.0. The first kappa shape index (κ1) is 19.4. The maximum Gasteiger partial charge on any atom is 0.331 e. The lowest BCUT2D eigenvalue weighted by Crippen LogP contribution is -2.43. The van der Waals surface area contributed by atoms with Crippen molar-refractivity contribution in [3.05, 3.63) is 44.6 Å². The third kappa shape index (κ3) is 4.30. The Morgan fingerprint density at radius 3 is 2.56 bits per heavy atom. The maximum absolute atomic E-state index is 12.8. The number of nitrogens with one attached hydrogen (secondary N) is 1. The van der Waals surface area contributed by atoms with E-state index in [0.717, 1.165) is 25.2 Å². The number of likely N-dealkylation sites (tertiary alicyclic amines) is 1. The number of carbonyl (C=O) groups excluding carboxylic acids is 1. The molecule has 7 nitrogen and oxygen atoms in total. The number of nitrogens with zero attached hydrogens (tertiary/aromatic N) is 3. The summed E-state index contributed by atoms with van der Waals surface area (Å²) in [6, 6.07) is 5.39. The van der Waals surface area contributed by atoms with Crippen LogP contribution in [-0.4, -0.2) is 46.1 Å². The Hall–Kier alpha value is -2.41. The monoisotopic (exact) mass is 372 g/mol. The number of aryl methyl sites for hydroxylation is 1. The molecule has 0 spiro atoms. The Kier molecular flexibility index (Phi) is 6.11. The normalized spacial score (nSPS) is 14.7. The number of hydrogen-bond donors (Lipinski definition) is 1. The first-order valence-electron chi connectivity index (χ1n) is 9.74. The molecule has 0 bridgehead atoms. The van der Waals surface area contributed by atoms with Gasteiger partial charge in [-0.25, -0.2) is 4.79 Å². The third-order valence-corrected chi connectivity index (χ3v) is 5.08. The number of fused-ring (bicyclic) bond motifs is 1. The number of rotatable bonds is 7. The van der Waals surface area contributed by atoms with Gasteiger partial charge in [0, 0.05) is 19.6 Å². The topological polar surface area (TPSA) is 76.3 Å². The number of amides is 1. The highest BCUT2D eigenvalue weighted by molar-refractivity contribution is 5.82. The number of benzene rings is 1. The molecule has 2 heterocycles. The quantitative estimate of drug-likeness (QED) is 0.789. The van der Waals surface area contributed by atoms with Crippen molar-refractivity contribution in [3.8, 4) is 0 Å². The molecule has 27 heavy (non-hydrogen) atoms. The van der Waals surface area contributed by atoms with Crippen LogP contribution < -0.4 is 16.6 Å². The average molecular weight is 372 g/mol. The number of aromatic nitrogens is 2. The van der Waals surface area contributed by atoms with Crippen LogP contribution in [-0.2, 0) is 17.9 Å². The van der Waals surface area contributed by atoms with E-state index in [9.17, 15) is 14.4 Å². The fraction of sp³-hybridized carbons (Fsp3) is 0.550. The second-order valence-electron chi connectivity index (χ2n) is 7.24. The largest absolute Gasteiger partial charge is 0.353 e. The van der Waals surface area contributed by atoms with Crippen LogP contribution in [0.15, 0.2) is 27.8 Å². The van der Waals surface area contributed by atoms with E-state index >= 15 is 0 Å². The van der Waals surface area contributed by atoms with Crippen molar-refractivity contribution in [3.63, 3.8) is 0 Å². The van der Waals surface area contributed by atoms with Crippen LogP contribution in [0, 0.1) is 6.92 Å². The molecule has 1 aliphatic rings. The van der Waals surface area contributed by atoms with Crippen LogP contribution >= 0.6 is 0 Å². The molecule has 1 N–H and O–H groups in total. The summed E-state index contributed by atoms with van der Waals surface area (Å²) in [6.07, 6.45) is 3.11. The van der Waals surface area contributed by atoms with Crippen molar-refractivity contribution in [2.75, 3.05) is 26.2 Å². The van der Waals surface area contributed by atoms with Gasteiger partial charge in [0.15, 0.2) is 0 Å². The van der Waals surface area contributed by atoms with Gasteiger partial charge in [-0.05, 0) is 51.4 Å². The zero-order valence-electron chi connectivity index (χ0n) is 16.2. The predicted octanol–water partition coefficient (Wildman–Crippen LogP) is 1.09. The van der Waals surface area contributed by atoms with E-state index in [1.54, 1.807) is 12.1 Å². The zero-order chi connectivity index (χ0) is 19.4. The molecule has 2 aromatic rings. The van der Waals surface area contributed by atoms with Crippen molar-refractivity contribution in [2.45, 2.75) is 46.2 Å². The summed E-state index contributed by atoms with van der Waals surface area (Å²) in [5.41, 5.74) is 0.750. The van der Waals surface area contributed by atoms with Gasteiger partial charge >= 0.3 is 5.69 Å². The molecule has 146 valence electrons. The second kappa shape index (κ2) is 8.52. The van der Waals surface area contributed by atoms with E-state index in [-0.39, 0.29) is 18.0 Å². The second-order valence-corrected chi connectivity index (χ2v) is 7.24. The van der Waals surface area contributed by atoms with E-state index < -0.39 is 5.69 Å². The summed E-state index contributed by atoms with van der Waals surface area (Å²) in [5.74, 6) is -0.208. The molecule has 0 aliphatic carbocycles. The van der Waals surface area contributed by atoms with Crippen molar-refractivity contribution in [2.24, 2.45) is 0 Å². The zero-order valence-corrected chi connectivity index (χ0v) is 16.2. The van der Waals surface area contributed by atoms with E-state index in [4.69, 9.17) is 0 Å². The van der Waals surface area contributed by atoms with E-state index in [0.29, 0.717) is 30.4 Å². The van der Waals surface area contributed by atoms with E-state index in [1.165, 1.54) is 22.0 Å². The van der Waals surface area contributed by atoms with Gasteiger partial charge in [-0.15, -0.1) is 0 Å². The highest BCUT2D eigenvalue weighted by Gasteiger charge is 2.16. The lowest BCUT2D eigenvalue weighted by molar-refractivity contribution is -0.121. The lowest BCUT2D eigenvalue weighted by atomic mass is 10.1. The van der Waals surface area contributed by atoms with Crippen molar-refractivity contribution in [1.82, 2.24) is 19.4 Å². The van der Waals surface area contributed by atoms with Gasteiger partial charge in [0.2, 0.25) is 5.91 Å². The smallest absolute Gasteiger partial charge is 0.331 e. The molecule has 0 radical (unpaired) electrons. The van der Waals surface area contributed by atoms with Crippen LogP contribution in [0.4, 0.5) is 0 Å². The standard InChI is InChI=1S/C20H28N4O3/c1-3-9-23-19(26)16-13-15(2)6-7-17(16)24(20(23)27)14-18(25)21-8-12-22-10-4-5-11-22/h6-7,13H,3-5,8-12,14H2,1-2H3,(H,21,25). The summed E-state index contributed by atoms with van der Waals surface area (Å²) in [5, 5.41) is 3.38. The van der Waals surface area contributed by atoms with Gasteiger partial charge in [0.05, 0.1) is 10.9 Å². The van der Waals surface area contributed by atoms with Gasteiger partial charge in [-0.2, -0.15) is 0 Å². The molecular formula is C20H28N4O3. The molecule has 3 rings (SSSR count). The summed E-state index contributed by atoms with van der Waals surface area (Å²) >= 11 is 0. The Labute approximate surface area is 158 Å². The van der Waals surface area contributed by atoms with Crippen LogP contribution in [0.1, 0.15) is 31.7 Å². The van der Waals surface area contributed by atoms with Crippen molar-refractivity contribution in [1.29, 1.82) is 0 Å². The molecule has 1 aromatic carbocycles. The number of hydrogen-bond acceptors (Lipinski definition) is 4. The van der Waals surface area contributed by atoms with Crippen LogP contribution in [0.25, 0.3) is 10.9 Å². The van der Waals surface area contributed by atoms with E-state index in [1.807, 2.05) is 19.9 Å².